The van der Waals surface area contributed by atoms with Gasteiger partial charge in [-0.1, -0.05) is 6.07 Å². The lowest BCUT2D eigenvalue weighted by Crippen LogP contribution is -2.28. The molecule has 0 aromatic heterocycles. The van der Waals surface area contributed by atoms with Crippen molar-refractivity contribution in [1.29, 1.82) is 5.26 Å². The molecule has 2 aromatic rings. The van der Waals surface area contributed by atoms with Gasteiger partial charge < -0.3 is 14.2 Å². The zero-order valence-corrected chi connectivity index (χ0v) is 15.1. The summed E-state index contributed by atoms with van der Waals surface area (Å²) < 4.78 is 16.9. The number of hydrogen-bond acceptors (Lipinski definition) is 5. The topological polar surface area (TPSA) is 68.5 Å². The fourth-order valence-electron chi connectivity index (χ4n) is 1.95. The molecule has 124 valence electrons. The molecule has 0 amide bonds. The average Bonchev–Trinajstić information content (AvgIpc) is 2.57. The molecule has 0 aliphatic heterocycles. The van der Waals surface area contributed by atoms with Crippen molar-refractivity contribution in [2.45, 2.75) is 20.0 Å². The van der Waals surface area contributed by atoms with Gasteiger partial charge in [-0.25, -0.2) is 4.79 Å². The number of ether oxygens (including phenoxy) is 3. The van der Waals surface area contributed by atoms with Crippen molar-refractivity contribution < 1.29 is 19.0 Å². The SMILES string of the molecule is COc1cc(C#N)ccc1OC(=O)[C@@H](C)Oc1ccc(C)cc1Br. The van der Waals surface area contributed by atoms with Gasteiger partial charge in [-0.2, -0.15) is 5.26 Å². The van der Waals surface area contributed by atoms with E-state index in [2.05, 4.69) is 15.9 Å². The molecule has 1 atom stereocenters. The molecule has 6 heteroatoms. The van der Waals surface area contributed by atoms with Crippen LogP contribution in [0.3, 0.4) is 0 Å². The number of hydrogen-bond donors (Lipinski definition) is 0. The van der Waals surface area contributed by atoms with Crippen LogP contribution in [0.1, 0.15) is 18.1 Å². The molecule has 0 fully saturated rings. The van der Waals surface area contributed by atoms with E-state index in [0.717, 1.165) is 10.0 Å². The zero-order valence-electron chi connectivity index (χ0n) is 13.5. The Kier molecular flexibility index (Phi) is 5.83. The Balaban J connectivity index is 2.10. The van der Waals surface area contributed by atoms with Gasteiger partial charge in [-0.05, 0) is 59.6 Å². The number of esters is 1. The minimum atomic E-state index is -0.815. The minimum absolute atomic E-state index is 0.236. The van der Waals surface area contributed by atoms with Crippen LogP contribution < -0.4 is 14.2 Å². The van der Waals surface area contributed by atoms with Crippen molar-refractivity contribution in [1.82, 2.24) is 0 Å². The van der Waals surface area contributed by atoms with Gasteiger partial charge in [0.25, 0.3) is 0 Å². The van der Waals surface area contributed by atoms with Gasteiger partial charge in [0, 0.05) is 6.07 Å². The number of halogens is 1. The molecule has 0 spiro atoms. The van der Waals surface area contributed by atoms with Crippen LogP contribution in [0.25, 0.3) is 0 Å². The van der Waals surface area contributed by atoms with Gasteiger partial charge in [0.1, 0.15) is 5.75 Å². The van der Waals surface area contributed by atoms with Crippen LogP contribution in [0.4, 0.5) is 0 Å². The molecule has 0 aliphatic rings. The molecule has 0 bridgehead atoms. The quantitative estimate of drug-likeness (QED) is 0.570. The normalized spacial score (nSPS) is 11.3. The number of methoxy groups -OCH3 is 1. The van der Waals surface area contributed by atoms with E-state index in [0.29, 0.717) is 17.1 Å². The molecule has 5 nitrogen and oxygen atoms in total. The first kappa shape index (κ1) is 17.8. The summed E-state index contributed by atoms with van der Waals surface area (Å²) >= 11 is 3.40. The lowest BCUT2D eigenvalue weighted by atomic mass is 10.2. The van der Waals surface area contributed by atoms with Gasteiger partial charge in [0.15, 0.2) is 17.6 Å². The molecule has 2 rings (SSSR count). The van der Waals surface area contributed by atoms with E-state index in [1.165, 1.54) is 19.2 Å². The third-order valence-electron chi connectivity index (χ3n) is 3.23. The van der Waals surface area contributed by atoms with Gasteiger partial charge in [-0.3, -0.25) is 0 Å². The van der Waals surface area contributed by atoms with Crippen molar-refractivity contribution in [3.05, 3.63) is 52.0 Å². The summed E-state index contributed by atoms with van der Waals surface area (Å²) in [6.07, 6.45) is -0.815. The van der Waals surface area contributed by atoms with Gasteiger partial charge >= 0.3 is 5.97 Å². The monoisotopic (exact) mass is 389 g/mol. The van der Waals surface area contributed by atoms with Crippen LogP contribution in [0.15, 0.2) is 40.9 Å². The second-order valence-electron chi connectivity index (χ2n) is 5.09. The summed E-state index contributed by atoms with van der Waals surface area (Å²) in [4.78, 5) is 12.2. The van der Waals surface area contributed by atoms with E-state index in [9.17, 15) is 4.79 Å². The van der Waals surface area contributed by atoms with Crippen LogP contribution in [0.2, 0.25) is 0 Å². The highest BCUT2D eigenvalue weighted by molar-refractivity contribution is 9.10. The molecule has 24 heavy (non-hydrogen) atoms. The highest BCUT2D eigenvalue weighted by Gasteiger charge is 2.20. The first-order valence-corrected chi connectivity index (χ1v) is 7.96. The van der Waals surface area contributed by atoms with Crippen molar-refractivity contribution in [3.8, 4) is 23.3 Å². The Labute approximate surface area is 148 Å². The van der Waals surface area contributed by atoms with E-state index in [4.69, 9.17) is 19.5 Å². The smallest absolute Gasteiger partial charge is 0.352 e. The summed E-state index contributed by atoms with van der Waals surface area (Å²) in [7, 11) is 1.44. The van der Waals surface area contributed by atoms with Crippen molar-refractivity contribution in [3.63, 3.8) is 0 Å². The molecule has 0 N–H and O–H groups in total. The third-order valence-corrected chi connectivity index (χ3v) is 3.85. The molecule has 2 aromatic carbocycles. The largest absolute Gasteiger partial charge is 0.493 e. The highest BCUT2D eigenvalue weighted by atomic mass is 79.9. The predicted molar refractivity (Wildman–Crippen MR) is 92.3 cm³/mol. The molecule has 0 saturated heterocycles. The molecule has 0 saturated carbocycles. The Hall–Kier alpha value is -2.52. The van der Waals surface area contributed by atoms with Gasteiger partial charge in [-0.15, -0.1) is 0 Å². The zero-order chi connectivity index (χ0) is 17.7. The summed E-state index contributed by atoms with van der Waals surface area (Å²) in [5.41, 5.74) is 1.49. The van der Waals surface area contributed by atoms with Crippen molar-refractivity contribution >= 4 is 21.9 Å². The van der Waals surface area contributed by atoms with E-state index >= 15 is 0 Å². The Morgan fingerprint density at radius 1 is 1.17 bits per heavy atom. The molecule has 0 radical (unpaired) electrons. The number of rotatable bonds is 5. The van der Waals surface area contributed by atoms with Crippen LogP contribution in [-0.2, 0) is 4.79 Å². The number of nitrogens with zero attached hydrogens (tertiary/aromatic N) is 1. The molecule has 0 unspecified atom stereocenters. The Morgan fingerprint density at radius 2 is 1.88 bits per heavy atom. The first-order chi connectivity index (χ1) is 11.4. The standard InChI is InChI=1S/C18H16BrNO4/c1-11-4-6-15(14(19)8-11)23-12(2)18(21)24-16-7-5-13(10-20)9-17(16)22-3/h4-9,12H,1-3H3/t12-/m1/s1. The maximum absolute atomic E-state index is 12.2. The van der Waals surface area contributed by atoms with Crippen LogP contribution in [0, 0.1) is 18.3 Å². The second kappa shape index (κ2) is 7.84. The molecule has 0 aliphatic carbocycles. The highest BCUT2D eigenvalue weighted by Crippen LogP contribution is 2.29. The van der Waals surface area contributed by atoms with Crippen LogP contribution >= 0.6 is 15.9 Å². The van der Waals surface area contributed by atoms with E-state index in [1.807, 2.05) is 25.1 Å². The minimum Gasteiger partial charge on any atom is -0.493 e. The lowest BCUT2D eigenvalue weighted by Gasteiger charge is -2.16. The Morgan fingerprint density at radius 3 is 2.50 bits per heavy atom. The fourth-order valence-corrected chi connectivity index (χ4v) is 2.54. The number of nitriles is 1. The van der Waals surface area contributed by atoms with Gasteiger partial charge in [0.05, 0.1) is 23.2 Å². The number of carbonyl (C=O) groups is 1. The molecule has 0 heterocycles. The second-order valence-corrected chi connectivity index (χ2v) is 5.95. The number of aryl methyl sites for hydroxylation is 1. The molecular weight excluding hydrogens is 374 g/mol. The van der Waals surface area contributed by atoms with E-state index in [-0.39, 0.29) is 5.75 Å². The lowest BCUT2D eigenvalue weighted by molar-refractivity contribution is -0.141. The summed E-state index contributed by atoms with van der Waals surface area (Å²) in [5.74, 6) is 0.536. The number of carbonyl (C=O) groups excluding carboxylic acids is 1. The van der Waals surface area contributed by atoms with Crippen LogP contribution in [-0.4, -0.2) is 19.2 Å². The van der Waals surface area contributed by atoms with Crippen LogP contribution in [0.5, 0.6) is 17.2 Å². The summed E-state index contributed by atoms with van der Waals surface area (Å²) in [6, 6.07) is 12.1. The predicted octanol–water partition coefficient (Wildman–Crippen LogP) is 4.01. The summed E-state index contributed by atoms with van der Waals surface area (Å²) in [5, 5.41) is 8.89. The van der Waals surface area contributed by atoms with Crippen molar-refractivity contribution in [2.75, 3.05) is 7.11 Å². The fraction of sp³-hybridized carbons (Fsp3) is 0.222. The molecular formula is C18H16BrNO4. The maximum Gasteiger partial charge on any atom is 0.352 e. The van der Waals surface area contributed by atoms with Crippen molar-refractivity contribution in [2.24, 2.45) is 0 Å². The third kappa shape index (κ3) is 4.27. The maximum atomic E-state index is 12.2. The van der Waals surface area contributed by atoms with E-state index in [1.54, 1.807) is 19.1 Å². The average molecular weight is 390 g/mol. The van der Waals surface area contributed by atoms with Gasteiger partial charge in [0.2, 0.25) is 0 Å². The number of benzene rings is 2. The van der Waals surface area contributed by atoms with E-state index < -0.39 is 12.1 Å². The Bertz CT molecular complexity index is 798. The first-order valence-electron chi connectivity index (χ1n) is 7.17. The summed E-state index contributed by atoms with van der Waals surface area (Å²) in [6.45, 7) is 3.56.